The van der Waals surface area contributed by atoms with Crippen LogP contribution in [0.15, 0.2) is 243 Å². The SMILES string of the molecule is C[PH]1(c2cc(P3(=O)N(c4ccccc4)c4ccccc4N3c3ccccc3)c(-c3ccccc3)cc2-c2ccccc2)N(c2ccccc2)c2ccccc2N1c1ccccc1. The van der Waals surface area contributed by atoms with Crippen LogP contribution in [0, 0.1) is 0 Å². The summed E-state index contributed by atoms with van der Waals surface area (Å²) in [6.07, 6.45) is 0. The number of fused-ring (bicyclic) bond motifs is 2. The van der Waals surface area contributed by atoms with Crippen molar-refractivity contribution in [3.05, 3.63) is 243 Å². The van der Waals surface area contributed by atoms with Crippen molar-refractivity contribution in [3.63, 3.8) is 0 Å². The number of rotatable bonds is 8. The molecule has 0 saturated carbocycles. The van der Waals surface area contributed by atoms with Gasteiger partial charge in [-0.2, -0.15) is 0 Å². The third-order valence-corrected chi connectivity index (χ3v) is 19.4. The molecule has 0 spiro atoms. The van der Waals surface area contributed by atoms with Crippen molar-refractivity contribution in [2.24, 2.45) is 0 Å². The second-order valence-electron chi connectivity index (χ2n) is 15.8. The van der Waals surface area contributed by atoms with Gasteiger partial charge in [0.15, 0.2) is 0 Å². The third kappa shape index (κ3) is 5.92. The van der Waals surface area contributed by atoms with Crippen LogP contribution in [0.1, 0.15) is 0 Å². The standard InChI is InChI=1S/C55H44N4OP2/c1-61(56(44-28-12-4-13-29-44)50-36-20-21-37-51(50)57(61)45-30-14-5-15-31-45)54-41-55(49(43-26-10-3-11-27-43)40-48(54)42-24-8-2-9-25-42)62(60)58(46-32-16-6-17-33-46)52-38-22-23-39-53(52)59(62)47-34-18-7-19-35-47/h2-41,61H,1H3. The molecule has 0 aliphatic carbocycles. The number of hydrogen-bond acceptors (Lipinski definition) is 3. The van der Waals surface area contributed by atoms with E-state index in [1.54, 1.807) is 0 Å². The van der Waals surface area contributed by atoms with E-state index >= 15 is 4.57 Å². The summed E-state index contributed by atoms with van der Waals surface area (Å²) in [5.74, 6) is 0. The second kappa shape index (κ2) is 15.4. The van der Waals surface area contributed by atoms with Crippen LogP contribution in [0.25, 0.3) is 22.3 Å². The summed E-state index contributed by atoms with van der Waals surface area (Å²) < 4.78 is 27.3. The Bertz CT molecular complexity index is 2940. The molecule has 0 bridgehead atoms. The molecule has 2 heterocycles. The van der Waals surface area contributed by atoms with E-state index in [9.17, 15) is 0 Å². The van der Waals surface area contributed by atoms with E-state index in [2.05, 4.69) is 232 Å². The Morgan fingerprint density at radius 2 is 0.677 bits per heavy atom. The van der Waals surface area contributed by atoms with E-state index in [1.165, 1.54) is 0 Å². The number of nitrogens with zero attached hydrogens (tertiary/aromatic N) is 4. The van der Waals surface area contributed by atoms with Gasteiger partial charge in [-0.15, -0.1) is 0 Å². The Morgan fingerprint density at radius 1 is 0.355 bits per heavy atom. The molecule has 2 aliphatic rings. The fourth-order valence-electron chi connectivity index (χ4n) is 9.66. The Hall–Kier alpha value is -7.16. The summed E-state index contributed by atoms with van der Waals surface area (Å²) in [7, 11) is -7.13. The van der Waals surface area contributed by atoms with Crippen LogP contribution in [0.3, 0.4) is 0 Å². The molecule has 2 aliphatic heterocycles. The van der Waals surface area contributed by atoms with Gasteiger partial charge in [-0.3, -0.25) is 0 Å². The first-order valence-corrected chi connectivity index (χ1v) is 25.1. The monoisotopic (exact) mass is 838 g/mol. The Kier molecular flexibility index (Phi) is 9.38. The number of anilines is 8. The number of benzene rings is 9. The maximum atomic E-state index is 17.8. The first-order valence-electron chi connectivity index (χ1n) is 21.1. The topological polar surface area (TPSA) is 30.0 Å². The summed E-state index contributed by atoms with van der Waals surface area (Å²) in [6.45, 7) is 2.46. The molecular formula is C55H44N4OP2. The molecule has 0 saturated heterocycles. The fourth-order valence-corrected chi connectivity index (χ4v) is 17.5. The third-order valence-electron chi connectivity index (χ3n) is 12.3. The predicted octanol–water partition coefficient (Wildman–Crippen LogP) is 14.7. The van der Waals surface area contributed by atoms with E-state index in [0.29, 0.717) is 0 Å². The van der Waals surface area contributed by atoms with E-state index in [0.717, 1.165) is 78.4 Å². The molecule has 0 amide bonds. The van der Waals surface area contributed by atoms with Crippen LogP contribution >= 0.6 is 15.0 Å². The van der Waals surface area contributed by atoms with Gasteiger partial charge in [-0.1, -0.05) is 0 Å². The summed E-state index contributed by atoms with van der Waals surface area (Å²) in [5.41, 5.74) is 12.2. The first-order chi connectivity index (χ1) is 30.6. The fraction of sp³-hybridized carbons (Fsp3) is 0.0182. The summed E-state index contributed by atoms with van der Waals surface area (Å²) in [6, 6.07) is 85.2. The summed E-state index contributed by atoms with van der Waals surface area (Å²) in [4.78, 5) is 0. The van der Waals surface area contributed by atoms with E-state index in [1.807, 2.05) is 36.4 Å². The summed E-state index contributed by atoms with van der Waals surface area (Å²) in [5, 5.41) is 1.92. The van der Waals surface area contributed by atoms with Crippen molar-refractivity contribution in [1.82, 2.24) is 0 Å². The zero-order chi connectivity index (χ0) is 41.7. The molecule has 7 heteroatoms. The molecule has 11 rings (SSSR count). The van der Waals surface area contributed by atoms with Crippen molar-refractivity contribution in [2.75, 3.05) is 25.3 Å². The van der Waals surface area contributed by atoms with Gasteiger partial charge in [0.25, 0.3) is 0 Å². The van der Waals surface area contributed by atoms with Crippen LogP contribution in [0.5, 0.6) is 0 Å². The maximum absolute atomic E-state index is 17.8. The zero-order valence-corrected chi connectivity index (χ0v) is 36.1. The first kappa shape index (κ1) is 37.8. The Balaban J connectivity index is 1.31. The number of hydrogen-bond donors (Lipinski definition) is 0. The zero-order valence-electron chi connectivity index (χ0n) is 34.2. The van der Waals surface area contributed by atoms with Gasteiger partial charge in [0, 0.05) is 0 Å². The molecule has 5 nitrogen and oxygen atoms in total. The van der Waals surface area contributed by atoms with Crippen LogP contribution in [-0.2, 0) is 4.57 Å². The molecule has 9 aromatic rings. The molecule has 0 N–H and O–H groups in total. The van der Waals surface area contributed by atoms with Crippen molar-refractivity contribution < 1.29 is 4.57 Å². The van der Waals surface area contributed by atoms with Crippen molar-refractivity contribution in [1.29, 1.82) is 0 Å². The summed E-state index contributed by atoms with van der Waals surface area (Å²) >= 11 is 0. The van der Waals surface area contributed by atoms with Crippen molar-refractivity contribution in [2.45, 2.75) is 0 Å². The molecule has 0 fully saturated rings. The van der Waals surface area contributed by atoms with Crippen LogP contribution in [0.2, 0.25) is 0 Å². The van der Waals surface area contributed by atoms with Gasteiger partial charge in [-0.25, -0.2) is 0 Å². The molecule has 300 valence electrons. The van der Waals surface area contributed by atoms with E-state index in [4.69, 9.17) is 0 Å². The van der Waals surface area contributed by atoms with Gasteiger partial charge < -0.3 is 0 Å². The molecule has 62 heavy (non-hydrogen) atoms. The minimum atomic E-state index is -3.89. The molecular weight excluding hydrogens is 795 g/mol. The molecule has 0 radical (unpaired) electrons. The average molecular weight is 839 g/mol. The molecule has 0 atom stereocenters. The van der Waals surface area contributed by atoms with Crippen molar-refractivity contribution in [3.8, 4) is 22.3 Å². The quantitative estimate of drug-likeness (QED) is 0.142. The van der Waals surface area contributed by atoms with Crippen molar-refractivity contribution >= 4 is 71.1 Å². The van der Waals surface area contributed by atoms with Gasteiger partial charge in [0.1, 0.15) is 0 Å². The van der Waals surface area contributed by atoms with E-state index in [-0.39, 0.29) is 0 Å². The van der Waals surface area contributed by atoms with Gasteiger partial charge >= 0.3 is 366 Å². The van der Waals surface area contributed by atoms with Crippen LogP contribution in [0.4, 0.5) is 45.5 Å². The Labute approximate surface area is 364 Å². The van der Waals surface area contributed by atoms with Gasteiger partial charge in [-0.05, 0) is 0 Å². The predicted molar refractivity (Wildman–Crippen MR) is 266 cm³/mol. The normalized spacial score (nSPS) is 15.2. The molecule has 0 unspecified atom stereocenters. The average Bonchev–Trinajstić information content (AvgIpc) is 3.78. The van der Waals surface area contributed by atoms with Gasteiger partial charge in [0.2, 0.25) is 0 Å². The second-order valence-corrected chi connectivity index (χ2v) is 21.7. The Morgan fingerprint density at radius 3 is 1.08 bits per heavy atom. The van der Waals surface area contributed by atoms with E-state index < -0.39 is 15.0 Å². The number of para-hydroxylation sites is 8. The minimum absolute atomic E-state index is 0.771. The molecule has 0 aromatic heterocycles. The molecule has 9 aromatic carbocycles. The van der Waals surface area contributed by atoms with Crippen LogP contribution in [-0.4, -0.2) is 6.66 Å². The van der Waals surface area contributed by atoms with Gasteiger partial charge in [0.05, 0.1) is 0 Å². The van der Waals surface area contributed by atoms with Crippen LogP contribution < -0.4 is 29.3 Å².